The molecule has 0 fully saturated rings. The van der Waals surface area contributed by atoms with Gasteiger partial charge in [-0.3, -0.25) is 9.59 Å². The topological polar surface area (TPSA) is 76.8 Å². The fraction of sp³-hybridized carbons (Fsp3) is 0.172. The molecule has 0 spiro atoms. The van der Waals surface area contributed by atoms with Crippen molar-refractivity contribution in [3.8, 4) is 17.1 Å². The molecule has 196 valence electrons. The van der Waals surface area contributed by atoms with Gasteiger partial charge in [0.2, 0.25) is 4.96 Å². The Hall–Kier alpha value is -3.89. The van der Waals surface area contributed by atoms with Crippen molar-refractivity contribution in [1.82, 2.24) is 14.6 Å². The second-order valence-electron chi connectivity index (χ2n) is 9.11. The second kappa shape index (κ2) is 10.3. The molecule has 0 N–H and O–H groups in total. The van der Waals surface area contributed by atoms with Crippen molar-refractivity contribution in [2.45, 2.75) is 26.3 Å². The van der Waals surface area contributed by atoms with E-state index in [1.807, 2.05) is 30.3 Å². The van der Waals surface area contributed by atoms with E-state index in [-0.39, 0.29) is 22.6 Å². The highest BCUT2D eigenvalue weighted by Crippen LogP contribution is 2.38. The quantitative estimate of drug-likeness (QED) is 0.234. The van der Waals surface area contributed by atoms with Crippen LogP contribution in [0.15, 0.2) is 76.0 Å². The van der Waals surface area contributed by atoms with Gasteiger partial charge in [-0.2, -0.15) is 9.50 Å². The molecule has 1 aliphatic rings. The fourth-order valence-corrected chi connectivity index (χ4v) is 5.88. The molecule has 3 heterocycles. The Kier molecular flexibility index (Phi) is 6.74. The molecule has 6 rings (SSSR count). The van der Waals surface area contributed by atoms with Gasteiger partial charge in [0, 0.05) is 21.2 Å². The highest BCUT2D eigenvalue weighted by Gasteiger charge is 2.35. The van der Waals surface area contributed by atoms with Crippen LogP contribution in [-0.4, -0.2) is 27.1 Å². The molecule has 0 atom stereocenters. The number of hydrogen-bond acceptors (Lipinski definition) is 6. The van der Waals surface area contributed by atoms with Crippen LogP contribution in [0.25, 0.3) is 21.9 Å². The maximum Gasteiger partial charge on any atom is 0.291 e. The van der Waals surface area contributed by atoms with Crippen LogP contribution in [0.3, 0.4) is 0 Å². The third-order valence-corrected chi connectivity index (χ3v) is 8.05. The normalized spacial score (nSPS) is 14.3. The standard InChI is InChI=1S/C29H22BrFN4O3S/c1-2-3-14-38-20-11-8-17(9-12-20)26-32-29-35(33-26)28(37)25(39-29)24-21-15-19(30)10-13-23(21)34(27(24)36)16-18-6-4-5-7-22(18)31/h4-13,15H,2-3,14,16H2,1H3/b25-24-. The summed E-state index contributed by atoms with van der Waals surface area (Å²) in [6.07, 6.45) is 2.04. The first-order valence-corrected chi connectivity index (χ1v) is 14.1. The van der Waals surface area contributed by atoms with E-state index in [2.05, 4.69) is 32.9 Å². The van der Waals surface area contributed by atoms with E-state index in [0.29, 0.717) is 34.2 Å². The number of fused-ring (bicyclic) bond motifs is 2. The van der Waals surface area contributed by atoms with Crippen molar-refractivity contribution in [3.05, 3.63) is 103 Å². The number of nitrogens with zero attached hydrogens (tertiary/aromatic N) is 4. The lowest BCUT2D eigenvalue weighted by molar-refractivity contribution is -0.113. The van der Waals surface area contributed by atoms with Gasteiger partial charge in [-0.15, -0.1) is 5.10 Å². The summed E-state index contributed by atoms with van der Waals surface area (Å²) >= 11 is 4.59. The largest absolute Gasteiger partial charge is 0.494 e. The number of ether oxygens (including phenoxy) is 1. The van der Waals surface area contributed by atoms with Gasteiger partial charge in [0.25, 0.3) is 11.5 Å². The van der Waals surface area contributed by atoms with Gasteiger partial charge < -0.3 is 9.64 Å². The molecule has 1 amide bonds. The van der Waals surface area contributed by atoms with E-state index >= 15 is 0 Å². The number of benzene rings is 3. The van der Waals surface area contributed by atoms with E-state index in [9.17, 15) is 14.0 Å². The summed E-state index contributed by atoms with van der Waals surface area (Å²) < 4.78 is 22.4. The maximum absolute atomic E-state index is 14.4. The van der Waals surface area contributed by atoms with Crippen LogP contribution < -0.4 is 19.7 Å². The minimum Gasteiger partial charge on any atom is -0.494 e. The first kappa shape index (κ1) is 25.4. The van der Waals surface area contributed by atoms with E-state index in [4.69, 9.17) is 4.74 Å². The summed E-state index contributed by atoms with van der Waals surface area (Å²) in [5, 5.41) is 4.44. The van der Waals surface area contributed by atoms with Crippen LogP contribution in [0, 0.1) is 5.82 Å². The van der Waals surface area contributed by atoms with Crippen LogP contribution in [-0.2, 0) is 11.3 Å². The summed E-state index contributed by atoms with van der Waals surface area (Å²) in [4.78, 5) is 33.7. The Bertz CT molecular complexity index is 1830. The first-order valence-electron chi connectivity index (χ1n) is 12.5. The number of carbonyl (C=O) groups is 1. The number of amides is 1. The zero-order valence-corrected chi connectivity index (χ0v) is 23.3. The van der Waals surface area contributed by atoms with Gasteiger partial charge in [0.1, 0.15) is 16.1 Å². The summed E-state index contributed by atoms with van der Waals surface area (Å²) in [6, 6.07) is 19.2. The number of hydrogen-bond donors (Lipinski definition) is 0. The summed E-state index contributed by atoms with van der Waals surface area (Å²) in [5.41, 5.74) is 2.20. The number of aromatic nitrogens is 3. The third kappa shape index (κ3) is 4.63. The molecular weight excluding hydrogens is 583 g/mol. The smallest absolute Gasteiger partial charge is 0.291 e. The van der Waals surface area contributed by atoms with Crippen LogP contribution in [0.5, 0.6) is 5.75 Å². The van der Waals surface area contributed by atoms with Gasteiger partial charge in [-0.25, -0.2) is 4.39 Å². The highest BCUT2D eigenvalue weighted by molar-refractivity contribution is 9.10. The van der Waals surface area contributed by atoms with Crippen LogP contribution in [0.4, 0.5) is 10.1 Å². The zero-order chi connectivity index (χ0) is 27.1. The molecule has 0 aliphatic carbocycles. The van der Waals surface area contributed by atoms with Crippen molar-refractivity contribution in [3.63, 3.8) is 0 Å². The molecule has 3 aromatic carbocycles. The Morgan fingerprint density at radius 2 is 1.85 bits per heavy atom. The Morgan fingerprint density at radius 3 is 2.59 bits per heavy atom. The van der Waals surface area contributed by atoms with Crippen molar-refractivity contribution < 1.29 is 13.9 Å². The predicted octanol–water partition coefficient (Wildman–Crippen LogP) is 5.36. The number of unbranched alkanes of at least 4 members (excludes halogenated alkanes) is 1. The monoisotopic (exact) mass is 604 g/mol. The molecule has 0 bridgehead atoms. The molecule has 7 nitrogen and oxygen atoms in total. The van der Waals surface area contributed by atoms with E-state index in [1.165, 1.54) is 15.5 Å². The zero-order valence-electron chi connectivity index (χ0n) is 20.9. The molecule has 1 aliphatic heterocycles. The van der Waals surface area contributed by atoms with Crippen molar-refractivity contribution in [2.75, 3.05) is 11.5 Å². The maximum atomic E-state index is 14.4. The van der Waals surface area contributed by atoms with Crippen molar-refractivity contribution in [2.24, 2.45) is 0 Å². The Balaban J connectivity index is 1.40. The molecular formula is C29H22BrFN4O3S. The minimum absolute atomic E-state index is 0.0426. The van der Waals surface area contributed by atoms with Gasteiger partial charge >= 0.3 is 0 Å². The number of thiazole rings is 1. The molecule has 5 aromatic rings. The van der Waals surface area contributed by atoms with E-state index in [0.717, 1.165) is 40.0 Å². The lowest BCUT2D eigenvalue weighted by Gasteiger charge is -2.17. The average Bonchev–Trinajstić information content (AvgIpc) is 3.56. The van der Waals surface area contributed by atoms with E-state index in [1.54, 1.807) is 30.3 Å². The van der Waals surface area contributed by atoms with Crippen molar-refractivity contribution in [1.29, 1.82) is 0 Å². The number of halogens is 2. The van der Waals surface area contributed by atoms with Gasteiger partial charge in [0.05, 0.1) is 24.4 Å². The molecule has 10 heteroatoms. The summed E-state index contributed by atoms with van der Waals surface area (Å²) in [5.74, 6) is 0.415. The van der Waals surface area contributed by atoms with Gasteiger partial charge in [-0.05, 0) is 55.0 Å². The Labute approximate surface area is 235 Å². The van der Waals surface area contributed by atoms with Crippen LogP contribution in [0.2, 0.25) is 0 Å². The van der Waals surface area contributed by atoms with E-state index < -0.39 is 11.4 Å². The molecule has 0 saturated heterocycles. The SMILES string of the molecule is CCCCOc1ccc(-c2nc3s/c(=C4\C(=O)N(Cc5ccccc5F)c5ccc(Br)cc54)c(=O)n3n2)cc1. The molecule has 2 aromatic heterocycles. The van der Waals surface area contributed by atoms with Gasteiger partial charge in [-0.1, -0.05) is 58.8 Å². The minimum atomic E-state index is -0.421. The highest BCUT2D eigenvalue weighted by atomic mass is 79.9. The number of rotatable bonds is 7. The number of carbonyl (C=O) groups excluding carboxylic acids is 1. The average molecular weight is 605 g/mol. The summed E-state index contributed by atoms with van der Waals surface area (Å²) in [6.45, 7) is 2.81. The van der Waals surface area contributed by atoms with Crippen LogP contribution in [0.1, 0.15) is 30.9 Å². The van der Waals surface area contributed by atoms with Gasteiger partial charge in [0.15, 0.2) is 5.82 Å². The Morgan fingerprint density at radius 1 is 1.05 bits per heavy atom. The molecule has 39 heavy (non-hydrogen) atoms. The van der Waals surface area contributed by atoms with Crippen molar-refractivity contribution >= 4 is 49.4 Å². The fourth-order valence-electron chi connectivity index (χ4n) is 4.52. The van der Waals surface area contributed by atoms with Crippen LogP contribution >= 0.6 is 27.3 Å². The lowest BCUT2D eigenvalue weighted by atomic mass is 10.1. The first-order chi connectivity index (χ1) is 18.9. The molecule has 0 radical (unpaired) electrons. The second-order valence-corrected chi connectivity index (χ2v) is 11.0. The lowest BCUT2D eigenvalue weighted by Crippen LogP contribution is -2.32. The summed E-state index contributed by atoms with van der Waals surface area (Å²) in [7, 11) is 0. The third-order valence-electron chi connectivity index (χ3n) is 6.53. The predicted molar refractivity (Wildman–Crippen MR) is 152 cm³/mol. The number of anilines is 1. The molecule has 0 unspecified atom stereocenters. The molecule has 0 saturated carbocycles.